The van der Waals surface area contributed by atoms with Gasteiger partial charge in [-0.05, 0) is 68.2 Å². The Morgan fingerprint density at radius 3 is 2.67 bits per heavy atom. The average Bonchev–Trinajstić information content (AvgIpc) is 3.23. The Morgan fingerprint density at radius 1 is 1.13 bits per heavy atom. The number of sulfonamides is 1. The molecule has 2 heterocycles. The molecule has 7 nitrogen and oxygen atoms in total. The molecule has 3 aliphatic rings. The summed E-state index contributed by atoms with van der Waals surface area (Å²) in [4.78, 5) is 15.2. The lowest BCUT2D eigenvalue weighted by atomic mass is 9.99. The molecule has 0 aromatic heterocycles. The van der Waals surface area contributed by atoms with Crippen molar-refractivity contribution in [2.24, 2.45) is 0 Å². The molecule has 1 aliphatic carbocycles. The maximum Gasteiger partial charge on any atom is 0.249 e. The lowest BCUT2D eigenvalue weighted by Crippen LogP contribution is -2.56. The Kier molecular flexibility index (Phi) is 6.77. The Hall–Kier alpha value is -1.48. The number of carbonyl (C=O) groups excluding carboxylic acids is 1. The number of rotatable bonds is 6. The lowest BCUT2D eigenvalue weighted by Gasteiger charge is -2.43. The van der Waals surface area contributed by atoms with E-state index in [9.17, 15) is 13.2 Å². The van der Waals surface area contributed by atoms with Crippen LogP contribution in [0.1, 0.15) is 43.2 Å². The van der Waals surface area contributed by atoms with Crippen LogP contribution in [-0.2, 0) is 37.1 Å². The highest BCUT2D eigenvalue weighted by Gasteiger charge is 2.38. The average molecular weight is 437 g/mol. The summed E-state index contributed by atoms with van der Waals surface area (Å²) in [5, 5.41) is 0. The zero-order chi connectivity index (χ0) is 21.1. The SMILES string of the molecule is COCC(=O)N(C1CCOCC1)C1CCCN(S(=O)(=O)c2ccc3c(c2)CCC3)C1. The second kappa shape index (κ2) is 9.34. The number of amides is 1. The third-order valence-electron chi connectivity index (χ3n) is 6.60. The molecule has 2 saturated heterocycles. The molecule has 2 aliphatic heterocycles. The summed E-state index contributed by atoms with van der Waals surface area (Å²) < 4.78 is 39.0. The quantitative estimate of drug-likeness (QED) is 0.682. The number of aryl methyl sites for hydroxylation is 2. The Bertz CT molecular complexity index is 866. The van der Waals surface area contributed by atoms with Gasteiger partial charge in [-0.15, -0.1) is 0 Å². The van der Waals surface area contributed by atoms with E-state index >= 15 is 0 Å². The molecule has 0 saturated carbocycles. The van der Waals surface area contributed by atoms with E-state index < -0.39 is 10.0 Å². The predicted molar refractivity (Wildman–Crippen MR) is 113 cm³/mol. The Balaban J connectivity index is 1.55. The second-order valence-electron chi connectivity index (χ2n) is 8.52. The molecule has 1 aromatic carbocycles. The predicted octanol–water partition coefficient (Wildman–Crippen LogP) is 1.98. The minimum absolute atomic E-state index is 0.0193. The maximum absolute atomic E-state index is 13.4. The summed E-state index contributed by atoms with van der Waals surface area (Å²) >= 11 is 0. The van der Waals surface area contributed by atoms with E-state index in [1.165, 1.54) is 12.7 Å². The molecule has 4 rings (SSSR count). The number of hydrogen-bond donors (Lipinski definition) is 0. The van der Waals surface area contributed by atoms with E-state index in [-0.39, 0.29) is 24.6 Å². The van der Waals surface area contributed by atoms with E-state index in [4.69, 9.17) is 9.47 Å². The van der Waals surface area contributed by atoms with Gasteiger partial charge in [0.2, 0.25) is 15.9 Å². The summed E-state index contributed by atoms with van der Waals surface area (Å²) in [6, 6.07) is 5.51. The Morgan fingerprint density at radius 2 is 1.90 bits per heavy atom. The van der Waals surface area contributed by atoms with E-state index in [0.29, 0.717) is 31.2 Å². The van der Waals surface area contributed by atoms with Crippen LogP contribution in [0.25, 0.3) is 0 Å². The summed E-state index contributed by atoms with van der Waals surface area (Å²) in [5.41, 5.74) is 2.42. The topological polar surface area (TPSA) is 76.2 Å². The van der Waals surface area contributed by atoms with Gasteiger partial charge >= 0.3 is 0 Å². The van der Waals surface area contributed by atoms with Gasteiger partial charge in [-0.1, -0.05) is 6.07 Å². The number of piperidine rings is 1. The minimum Gasteiger partial charge on any atom is -0.381 e. The first-order valence-corrected chi connectivity index (χ1v) is 12.4. The van der Waals surface area contributed by atoms with Crippen molar-refractivity contribution in [3.63, 3.8) is 0 Å². The molecule has 0 radical (unpaired) electrons. The molecule has 1 unspecified atom stereocenters. The third kappa shape index (κ3) is 4.42. The van der Waals surface area contributed by atoms with Crippen LogP contribution in [0.5, 0.6) is 0 Å². The molecular weight excluding hydrogens is 404 g/mol. The fourth-order valence-electron chi connectivity index (χ4n) is 5.09. The second-order valence-corrected chi connectivity index (χ2v) is 10.5. The van der Waals surface area contributed by atoms with Gasteiger partial charge in [0.15, 0.2) is 0 Å². The van der Waals surface area contributed by atoms with Crippen LogP contribution >= 0.6 is 0 Å². The van der Waals surface area contributed by atoms with Crippen molar-refractivity contribution in [2.45, 2.75) is 61.9 Å². The smallest absolute Gasteiger partial charge is 0.249 e. The standard InChI is InChI=1S/C22H32N2O5S/c1-28-16-22(25)24(19-9-12-29-13-10-19)20-6-3-11-23(15-20)30(26,27)21-8-7-17-4-2-5-18(17)14-21/h7-8,14,19-20H,2-6,9-13,15-16H2,1H3. The number of ether oxygens (including phenoxy) is 2. The van der Waals surface area contributed by atoms with Crippen molar-refractivity contribution in [3.8, 4) is 0 Å². The molecule has 0 bridgehead atoms. The highest BCUT2D eigenvalue weighted by molar-refractivity contribution is 7.89. The summed E-state index contributed by atoms with van der Waals surface area (Å²) in [5.74, 6) is -0.0637. The van der Waals surface area contributed by atoms with Crippen molar-refractivity contribution in [2.75, 3.05) is 40.0 Å². The monoisotopic (exact) mass is 436 g/mol. The summed E-state index contributed by atoms with van der Waals surface area (Å²) in [6.07, 6.45) is 6.19. The normalized spacial score (nSPS) is 23.3. The van der Waals surface area contributed by atoms with Crippen LogP contribution in [0.3, 0.4) is 0 Å². The van der Waals surface area contributed by atoms with Crippen molar-refractivity contribution >= 4 is 15.9 Å². The molecule has 0 N–H and O–H groups in total. The third-order valence-corrected chi connectivity index (χ3v) is 8.46. The molecule has 166 valence electrons. The van der Waals surface area contributed by atoms with E-state index in [0.717, 1.165) is 50.5 Å². The zero-order valence-electron chi connectivity index (χ0n) is 17.7. The van der Waals surface area contributed by atoms with Gasteiger partial charge in [0.1, 0.15) is 6.61 Å². The van der Waals surface area contributed by atoms with Gasteiger partial charge in [0.25, 0.3) is 0 Å². The van der Waals surface area contributed by atoms with Crippen LogP contribution < -0.4 is 0 Å². The summed E-state index contributed by atoms with van der Waals surface area (Å²) in [6.45, 7) is 2.12. The first-order valence-electron chi connectivity index (χ1n) is 11.0. The molecule has 2 fully saturated rings. The largest absolute Gasteiger partial charge is 0.381 e. The van der Waals surface area contributed by atoms with Crippen molar-refractivity contribution in [1.29, 1.82) is 0 Å². The van der Waals surface area contributed by atoms with Crippen molar-refractivity contribution in [1.82, 2.24) is 9.21 Å². The van der Waals surface area contributed by atoms with Gasteiger partial charge in [-0.25, -0.2) is 8.42 Å². The maximum atomic E-state index is 13.4. The number of nitrogens with zero attached hydrogens (tertiary/aromatic N) is 2. The molecular formula is C22H32N2O5S. The van der Waals surface area contributed by atoms with Crippen LogP contribution in [0.4, 0.5) is 0 Å². The molecule has 1 amide bonds. The lowest BCUT2D eigenvalue weighted by molar-refractivity contribution is -0.143. The number of benzene rings is 1. The van der Waals surface area contributed by atoms with Gasteiger partial charge in [-0.2, -0.15) is 4.31 Å². The summed E-state index contributed by atoms with van der Waals surface area (Å²) in [7, 11) is -2.06. The molecule has 30 heavy (non-hydrogen) atoms. The number of fused-ring (bicyclic) bond motifs is 1. The minimum atomic E-state index is -3.58. The van der Waals surface area contributed by atoms with E-state index in [1.54, 1.807) is 10.4 Å². The van der Waals surface area contributed by atoms with E-state index in [1.807, 2.05) is 17.0 Å². The van der Waals surface area contributed by atoms with Crippen LogP contribution in [-0.4, -0.2) is 75.6 Å². The van der Waals surface area contributed by atoms with Crippen LogP contribution in [0.15, 0.2) is 23.1 Å². The zero-order valence-corrected chi connectivity index (χ0v) is 18.5. The fraction of sp³-hybridized carbons (Fsp3) is 0.682. The Labute approximate surface area is 179 Å². The van der Waals surface area contributed by atoms with Crippen molar-refractivity contribution in [3.05, 3.63) is 29.3 Å². The first kappa shape index (κ1) is 21.7. The highest BCUT2D eigenvalue weighted by atomic mass is 32.2. The molecule has 1 aromatic rings. The molecule has 1 atom stereocenters. The first-order chi connectivity index (χ1) is 14.5. The van der Waals surface area contributed by atoms with Gasteiger partial charge in [0.05, 0.1) is 4.90 Å². The van der Waals surface area contributed by atoms with Gasteiger partial charge < -0.3 is 14.4 Å². The van der Waals surface area contributed by atoms with Crippen LogP contribution in [0, 0.1) is 0 Å². The molecule has 8 heteroatoms. The van der Waals surface area contributed by atoms with Crippen LogP contribution in [0.2, 0.25) is 0 Å². The van der Waals surface area contributed by atoms with Gasteiger partial charge in [0, 0.05) is 45.5 Å². The van der Waals surface area contributed by atoms with Gasteiger partial charge in [-0.3, -0.25) is 4.79 Å². The van der Waals surface area contributed by atoms with E-state index in [2.05, 4.69) is 0 Å². The number of carbonyl (C=O) groups is 1. The highest BCUT2D eigenvalue weighted by Crippen LogP contribution is 2.29. The number of methoxy groups -OCH3 is 1. The fourth-order valence-corrected chi connectivity index (χ4v) is 6.66. The van der Waals surface area contributed by atoms with Crippen molar-refractivity contribution < 1.29 is 22.7 Å². The molecule has 0 spiro atoms. The number of hydrogen-bond acceptors (Lipinski definition) is 5.